The maximum atomic E-state index is 13.0. The van der Waals surface area contributed by atoms with E-state index in [9.17, 15) is 14.0 Å². The smallest absolute Gasteiger partial charge is 0.328 e. The molecule has 0 aliphatic heterocycles. The van der Waals surface area contributed by atoms with Crippen molar-refractivity contribution in [3.8, 4) is 0 Å². The van der Waals surface area contributed by atoms with E-state index in [0.717, 1.165) is 10.9 Å². The predicted molar refractivity (Wildman–Crippen MR) is 96.7 cm³/mol. The summed E-state index contributed by atoms with van der Waals surface area (Å²) in [5, 5.41) is 4.00. The number of aromatic nitrogens is 1. The molecule has 0 saturated heterocycles. The first-order valence-electron chi connectivity index (χ1n) is 7.87. The highest BCUT2D eigenvalue weighted by molar-refractivity contribution is 6.31. The molecule has 2 aromatic carbocycles. The SMILES string of the molecule is COC(=O)C(Cc1ccc(F)cc1)NC(=O)c1cc2cc(Cl)ccc2[nH]1. The Labute approximate surface area is 154 Å². The van der Waals surface area contributed by atoms with Crippen molar-refractivity contribution in [2.45, 2.75) is 12.5 Å². The largest absolute Gasteiger partial charge is 0.467 e. The number of halogens is 2. The van der Waals surface area contributed by atoms with Crippen LogP contribution in [0.25, 0.3) is 10.9 Å². The molecule has 3 rings (SSSR count). The number of H-pyrrole nitrogens is 1. The van der Waals surface area contributed by atoms with Gasteiger partial charge in [-0.05, 0) is 42.0 Å². The minimum Gasteiger partial charge on any atom is -0.467 e. The standard InChI is InChI=1S/C19H16ClFN2O3/c1-26-19(25)17(8-11-2-5-14(21)6-3-11)23-18(24)16-10-12-9-13(20)4-7-15(12)22-16/h2-7,9-10,17,22H,8H2,1H3,(H,23,24). The molecule has 2 N–H and O–H groups in total. The maximum absolute atomic E-state index is 13.0. The summed E-state index contributed by atoms with van der Waals surface area (Å²) in [6, 6.07) is 11.7. The molecule has 134 valence electrons. The first kappa shape index (κ1) is 17.9. The number of ether oxygens (including phenoxy) is 1. The highest BCUT2D eigenvalue weighted by Gasteiger charge is 2.23. The van der Waals surface area contributed by atoms with Gasteiger partial charge in [0.2, 0.25) is 0 Å². The van der Waals surface area contributed by atoms with E-state index in [1.165, 1.54) is 19.2 Å². The number of methoxy groups -OCH3 is 1. The van der Waals surface area contributed by atoms with Gasteiger partial charge in [0, 0.05) is 22.3 Å². The average Bonchev–Trinajstić information content (AvgIpc) is 3.05. The summed E-state index contributed by atoms with van der Waals surface area (Å²) in [5.41, 5.74) is 1.76. The van der Waals surface area contributed by atoms with Crippen molar-refractivity contribution in [2.75, 3.05) is 7.11 Å². The Morgan fingerprint density at radius 1 is 1.19 bits per heavy atom. The van der Waals surface area contributed by atoms with E-state index in [2.05, 4.69) is 10.3 Å². The zero-order valence-corrected chi connectivity index (χ0v) is 14.6. The predicted octanol–water partition coefficient (Wildman–Crippen LogP) is 3.47. The van der Waals surface area contributed by atoms with Crippen molar-refractivity contribution in [2.24, 2.45) is 0 Å². The minimum absolute atomic E-state index is 0.185. The van der Waals surface area contributed by atoms with Gasteiger partial charge in [-0.3, -0.25) is 4.79 Å². The number of esters is 1. The molecule has 0 saturated carbocycles. The van der Waals surface area contributed by atoms with Gasteiger partial charge in [0.25, 0.3) is 5.91 Å². The Balaban J connectivity index is 1.79. The molecule has 0 aliphatic rings. The van der Waals surface area contributed by atoms with Gasteiger partial charge in [-0.2, -0.15) is 0 Å². The molecule has 3 aromatic rings. The van der Waals surface area contributed by atoms with Gasteiger partial charge in [-0.25, -0.2) is 9.18 Å². The Morgan fingerprint density at radius 3 is 2.62 bits per heavy atom. The molecule has 26 heavy (non-hydrogen) atoms. The quantitative estimate of drug-likeness (QED) is 0.672. The van der Waals surface area contributed by atoms with Crippen LogP contribution in [-0.4, -0.2) is 30.0 Å². The molecule has 0 radical (unpaired) electrons. The molecule has 0 spiro atoms. The number of carbonyl (C=O) groups is 2. The molecule has 1 amide bonds. The third-order valence-corrected chi connectivity index (χ3v) is 4.21. The van der Waals surface area contributed by atoms with E-state index in [4.69, 9.17) is 16.3 Å². The van der Waals surface area contributed by atoms with Crippen molar-refractivity contribution < 1.29 is 18.7 Å². The van der Waals surface area contributed by atoms with E-state index >= 15 is 0 Å². The molecular formula is C19H16ClFN2O3. The van der Waals surface area contributed by atoms with Crippen molar-refractivity contribution >= 4 is 34.4 Å². The highest BCUT2D eigenvalue weighted by atomic mass is 35.5. The van der Waals surface area contributed by atoms with E-state index in [1.807, 2.05) is 0 Å². The van der Waals surface area contributed by atoms with E-state index in [0.29, 0.717) is 16.3 Å². The molecule has 5 nitrogen and oxygen atoms in total. The summed E-state index contributed by atoms with van der Waals surface area (Å²) >= 11 is 5.95. The van der Waals surface area contributed by atoms with Crippen molar-refractivity contribution in [3.05, 3.63) is 70.6 Å². The maximum Gasteiger partial charge on any atom is 0.328 e. The second-order valence-electron chi connectivity index (χ2n) is 5.79. The summed E-state index contributed by atoms with van der Waals surface area (Å²) in [7, 11) is 1.25. The lowest BCUT2D eigenvalue weighted by molar-refractivity contribution is -0.142. The molecule has 1 unspecified atom stereocenters. The van der Waals surface area contributed by atoms with Gasteiger partial charge < -0.3 is 15.0 Å². The number of nitrogens with one attached hydrogen (secondary N) is 2. The first-order chi connectivity index (χ1) is 12.5. The van der Waals surface area contributed by atoms with Gasteiger partial charge in [0.05, 0.1) is 7.11 Å². The van der Waals surface area contributed by atoms with Crippen LogP contribution in [0, 0.1) is 5.82 Å². The number of rotatable bonds is 5. The lowest BCUT2D eigenvalue weighted by Gasteiger charge is -2.16. The molecule has 7 heteroatoms. The lowest BCUT2D eigenvalue weighted by Crippen LogP contribution is -2.43. The number of aromatic amines is 1. The zero-order chi connectivity index (χ0) is 18.7. The lowest BCUT2D eigenvalue weighted by atomic mass is 10.1. The van der Waals surface area contributed by atoms with Crippen LogP contribution >= 0.6 is 11.6 Å². The second-order valence-corrected chi connectivity index (χ2v) is 6.23. The van der Waals surface area contributed by atoms with Crippen LogP contribution in [0.1, 0.15) is 16.1 Å². The number of benzene rings is 2. The van der Waals surface area contributed by atoms with Crippen LogP contribution in [0.15, 0.2) is 48.5 Å². The summed E-state index contributed by atoms with van der Waals surface area (Å²) in [6.07, 6.45) is 0.185. The molecule has 0 fully saturated rings. The van der Waals surface area contributed by atoms with Crippen LogP contribution in [-0.2, 0) is 16.0 Å². The van der Waals surface area contributed by atoms with Crippen molar-refractivity contribution in [1.29, 1.82) is 0 Å². The molecule has 0 aliphatic carbocycles. The Bertz CT molecular complexity index is 953. The third-order valence-electron chi connectivity index (χ3n) is 3.97. The molecular weight excluding hydrogens is 359 g/mol. The fourth-order valence-corrected chi connectivity index (χ4v) is 2.83. The monoisotopic (exact) mass is 374 g/mol. The van der Waals surface area contributed by atoms with Crippen LogP contribution in [0.3, 0.4) is 0 Å². The fourth-order valence-electron chi connectivity index (χ4n) is 2.65. The van der Waals surface area contributed by atoms with Gasteiger partial charge in [-0.1, -0.05) is 23.7 Å². The number of carbonyl (C=O) groups excluding carboxylic acids is 2. The summed E-state index contributed by atoms with van der Waals surface area (Å²) in [5.74, 6) is -1.40. The van der Waals surface area contributed by atoms with Crippen LogP contribution in [0.2, 0.25) is 5.02 Å². The molecule has 1 atom stereocenters. The van der Waals surface area contributed by atoms with Crippen LogP contribution < -0.4 is 5.32 Å². The van der Waals surface area contributed by atoms with Gasteiger partial charge in [0.15, 0.2) is 0 Å². The average molecular weight is 375 g/mol. The van der Waals surface area contributed by atoms with E-state index in [-0.39, 0.29) is 12.2 Å². The Morgan fingerprint density at radius 2 is 1.92 bits per heavy atom. The number of hydrogen-bond acceptors (Lipinski definition) is 3. The zero-order valence-electron chi connectivity index (χ0n) is 13.9. The summed E-state index contributed by atoms with van der Waals surface area (Å²) in [6.45, 7) is 0. The van der Waals surface area contributed by atoms with E-state index < -0.39 is 17.9 Å². The normalized spacial score (nSPS) is 12.0. The van der Waals surface area contributed by atoms with Crippen molar-refractivity contribution in [3.63, 3.8) is 0 Å². The van der Waals surface area contributed by atoms with Gasteiger partial charge >= 0.3 is 5.97 Å². The van der Waals surface area contributed by atoms with E-state index in [1.54, 1.807) is 36.4 Å². The molecule has 1 aromatic heterocycles. The van der Waals surface area contributed by atoms with Crippen molar-refractivity contribution in [1.82, 2.24) is 10.3 Å². The van der Waals surface area contributed by atoms with Gasteiger partial charge in [0.1, 0.15) is 17.6 Å². The number of amides is 1. The van der Waals surface area contributed by atoms with Crippen LogP contribution in [0.5, 0.6) is 0 Å². The second kappa shape index (κ2) is 7.58. The Hall–Kier alpha value is -2.86. The highest BCUT2D eigenvalue weighted by Crippen LogP contribution is 2.20. The first-order valence-corrected chi connectivity index (χ1v) is 8.25. The Kier molecular flexibility index (Phi) is 5.23. The summed E-state index contributed by atoms with van der Waals surface area (Å²) in [4.78, 5) is 27.5. The molecule has 1 heterocycles. The topological polar surface area (TPSA) is 71.2 Å². The fraction of sp³-hybridized carbons (Fsp3) is 0.158. The van der Waals surface area contributed by atoms with Crippen LogP contribution in [0.4, 0.5) is 4.39 Å². The minimum atomic E-state index is -0.895. The summed E-state index contributed by atoms with van der Waals surface area (Å²) < 4.78 is 17.8. The number of fused-ring (bicyclic) bond motifs is 1. The van der Waals surface area contributed by atoms with Gasteiger partial charge in [-0.15, -0.1) is 0 Å². The number of hydrogen-bond donors (Lipinski definition) is 2. The third kappa shape index (κ3) is 4.03. The molecule has 0 bridgehead atoms.